The Morgan fingerprint density at radius 2 is 1.96 bits per heavy atom. The monoisotopic (exact) mass is 377 g/mol. The van der Waals surface area contributed by atoms with E-state index in [9.17, 15) is 0 Å². The highest BCUT2D eigenvalue weighted by molar-refractivity contribution is 5.43. The van der Waals surface area contributed by atoms with Crippen molar-refractivity contribution in [3.8, 4) is 0 Å². The summed E-state index contributed by atoms with van der Waals surface area (Å²) in [5.41, 5.74) is 1.24. The Kier molecular flexibility index (Phi) is 5.50. The average Bonchev–Trinajstić information content (AvgIpc) is 3.22. The Balaban J connectivity index is 1.51. The van der Waals surface area contributed by atoms with Crippen LogP contribution in [0.25, 0.3) is 0 Å². The van der Waals surface area contributed by atoms with Crippen LogP contribution in [0.15, 0.2) is 49.2 Å². The van der Waals surface area contributed by atoms with Crippen LogP contribution >= 0.6 is 0 Å². The fourth-order valence-electron chi connectivity index (χ4n) is 3.73. The van der Waals surface area contributed by atoms with E-state index < -0.39 is 0 Å². The summed E-state index contributed by atoms with van der Waals surface area (Å²) in [5, 5.41) is 0. The molecule has 0 unspecified atom stereocenters. The van der Waals surface area contributed by atoms with Crippen LogP contribution in [0, 0.1) is 0 Å². The van der Waals surface area contributed by atoms with Crippen molar-refractivity contribution < 1.29 is 0 Å². The molecule has 0 spiro atoms. The van der Waals surface area contributed by atoms with Crippen molar-refractivity contribution in [1.29, 1.82) is 0 Å². The molecule has 7 nitrogen and oxygen atoms in total. The smallest absolute Gasteiger partial charge is 0.227 e. The van der Waals surface area contributed by atoms with E-state index in [-0.39, 0.29) is 0 Å². The van der Waals surface area contributed by atoms with Gasteiger partial charge in [0.25, 0.3) is 0 Å². The zero-order valence-electron chi connectivity index (χ0n) is 16.6. The zero-order valence-corrected chi connectivity index (χ0v) is 16.6. The normalized spacial score (nSPS) is 16.9. The molecule has 0 aromatic carbocycles. The molecule has 1 aliphatic heterocycles. The molecule has 0 aliphatic carbocycles. The van der Waals surface area contributed by atoms with Crippen LogP contribution < -0.4 is 9.80 Å². The van der Waals surface area contributed by atoms with Crippen LogP contribution in [-0.4, -0.2) is 51.2 Å². The van der Waals surface area contributed by atoms with E-state index in [0.29, 0.717) is 5.92 Å². The second-order valence-electron chi connectivity index (χ2n) is 7.28. The molecule has 28 heavy (non-hydrogen) atoms. The maximum absolute atomic E-state index is 4.78. The third-order valence-corrected chi connectivity index (χ3v) is 5.41. The molecule has 1 aliphatic rings. The molecule has 0 saturated carbocycles. The number of pyridine rings is 1. The van der Waals surface area contributed by atoms with Gasteiger partial charge in [-0.2, -0.15) is 4.98 Å². The fraction of sp³-hybridized carbons (Fsp3) is 0.429. The van der Waals surface area contributed by atoms with E-state index in [1.165, 1.54) is 5.56 Å². The van der Waals surface area contributed by atoms with E-state index >= 15 is 0 Å². The van der Waals surface area contributed by atoms with Crippen molar-refractivity contribution in [3.05, 3.63) is 60.6 Å². The number of hydrogen-bond donors (Lipinski definition) is 0. The van der Waals surface area contributed by atoms with Gasteiger partial charge in [-0.1, -0.05) is 0 Å². The molecule has 146 valence electrons. The summed E-state index contributed by atoms with van der Waals surface area (Å²) in [6.45, 7) is 5.75. The number of hydrogen-bond acceptors (Lipinski definition) is 6. The van der Waals surface area contributed by atoms with Gasteiger partial charge < -0.3 is 14.4 Å². The first-order valence-corrected chi connectivity index (χ1v) is 9.93. The molecule has 0 N–H and O–H groups in total. The fourth-order valence-corrected chi connectivity index (χ4v) is 3.73. The first-order valence-electron chi connectivity index (χ1n) is 9.93. The van der Waals surface area contributed by atoms with E-state index in [0.717, 1.165) is 56.6 Å². The van der Waals surface area contributed by atoms with Gasteiger partial charge in [-0.3, -0.25) is 4.98 Å². The van der Waals surface area contributed by atoms with Gasteiger partial charge in [0, 0.05) is 70.1 Å². The van der Waals surface area contributed by atoms with Crippen LogP contribution in [-0.2, 0) is 6.54 Å². The SMILES string of the molecule is CCN(C)c1ccnc(N2CCC[C@H](c3nccn3Cc3ccncc3)C2)n1. The molecule has 1 atom stereocenters. The highest BCUT2D eigenvalue weighted by Crippen LogP contribution is 2.28. The first-order chi connectivity index (χ1) is 13.7. The number of piperidine rings is 1. The molecule has 0 amide bonds. The molecule has 7 heteroatoms. The first kappa shape index (κ1) is 18.4. The molecule has 1 fully saturated rings. The van der Waals surface area contributed by atoms with Gasteiger partial charge in [-0.25, -0.2) is 9.97 Å². The Labute approximate surface area is 166 Å². The summed E-state index contributed by atoms with van der Waals surface area (Å²) in [5.74, 6) is 3.30. The van der Waals surface area contributed by atoms with E-state index in [1.807, 2.05) is 30.9 Å². The van der Waals surface area contributed by atoms with Gasteiger partial charge in [0.2, 0.25) is 5.95 Å². The summed E-state index contributed by atoms with van der Waals surface area (Å²) in [6.07, 6.45) is 11.8. The van der Waals surface area contributed by atoms with Crippen LogP contribution in [0.2, 0.25) is 0 Å². The number of anilines is 2. The average molecular weight is 377 g/mol. The molecular weight excluding hydrogens is 350 g/mol. The lowest BCUT2D eigenvalue weighted by atomic mass is 9.97. The number of aromatic nitrogens is 5. The number of imidazole rings is 1. The molecule has 1 saturated heterocycles. The Morgan fingerprint density at radius 1 is 1.11 bits per heavy atom. The lowest BCUT2D eigenvalue weighted by Gasteiger charge is -2.33. The number of rotatable bonds is 6. The van der Waals surface area contributed by atoms with E-state index in [2.05, 4.69) is 56.6 Å². The molecule has 0 bridgehead atoms. The van der Waals surface area contributed by atoms with Crippen LogP contribution in [0.5, 0.6) is 0 Å². The summed E-state index contributed by atoms with van der Waals surface area (Å²) >= 11 is 0. The van der Waals surface area contributed by atoms with Gasteiger partial charge in [-0.05, 0) is 43.5 Å². The Morgan fingerprint density at radius 3 is 2.79 bits per heavy atom. The predicted octanol–water partition coefficient (Wildman–Crippen LogP) is 2.96. The molecule has 3 aromatic heterocycles. The van der Waals surface area contributed by atoms with Crippen LogP contribution in [0.3, 0.4) is 0 Å². The van der Waals surface area contributed by atoms with Crippen LogP contribution in [0.1, 0.15) is 37.1 Å². The predicted molar refractivity (Wildman–Crippen MR) is 111 cm³/mol. The third-order valence-electron chi connectivity index (χ3n) is 5.41. The largest absolute Gasteiger partial charge is 0.360 e. The highest BCUT2D eigenvalue weighted by atomic mass is 15.3. The van der Waals surface area contributed by atoms with Gasteiger partial charge in [0.05, 0.1) is 0 Å². The van der Waals surface area contributed by atoms with Crippen molar-refractivity contribution in [2.24, 2.45) is 0 Å². The van der Waals surface area contributed by atoms with E-state index in [1.54, 1.807) is 0 Å². The Bertz CT molecular complexity index is 893. The molecule has 3 aromatic rings. The second kappa shape index (κ2) is 8.37. The molecule has 0 radical (unpaired) electrons. The highest BCUT2D eigenvalue weighted by Gasteiger charge is 2.26. The molecule has 4 heterocycles. The van der Waals surface area contributed by atoms with Crippen LogP contribution in [0.4, 0.5) is 11.8 Å². The quantitative estimate of drug-likeness (QED) is 0.658. The third kappa shape index (κ3) is 3.98. The molecular formula is C21H27N7. The van der Waals surface area contributed by atoms with Crippen molar-refractivity contribution in [3.63, 3.8) is 0 Å². The number of nitrogens with zero attached hydrogens (tertiary/aromatic N) is 7. The zero-order chi connectivity index (χ0) is 19.3. The summed E-state index contributed by atoms with van der Waals surface area (Å²) < 4.78 is 2.26. The van der Waals surface area contributed by atoms with Gasteiger partial charge in [0.15, 0.2) is 0 Å². The Hall–Kier alpha value is -2.96. The second-order valence-corrected chi connectivity index (χ2v) is 7.28. The van der Waals surface area contributed by atoms with E-state index in [4.69, 9.17) is 9.97 Å². The van der Waals surface area contributed by atoms with Crippen molar-refractivity contribution in [1.82, 2.24) is 24.5 Å². The van der Waals surface area contributed by atoms with Crippen molar-refractivity contribution in [2.45, 2.75) is 32.2 Å². The molecule has 4 rings (SSSR count). The lowest BCUT2D eigenvalue weighted by Crippen LogP contribution is -2.36. The minimum Gasteiger partial charge on any atom is -0.360 e. The minimum absolute atomic E-state index is 0.377. The topological polar surface area (TPSA) is 63.0 Å². The standard InChI is InChI=1S/C21H27N7/c1-3-26(2)19-8-11-24-21(25-19)28-13-4-5-18(16-28)20-23-12-14-27(20)15-17-6-9-22-10-7-17/h6-12,14,18H,3-5,13,15-16H2,1-2H3/t18-/m0/s1. The van der Waals surface area contributed by atoms with Gasteiger partial charge in [-0.15, -0.1) is 0 Å². The van der Waals surface area contributed by atoms with Crippen molar-refractivity contribution in [2.75, 3.05) is 36.5 Å². The minimum atomic E-state index is 0.377. The lowest BCUT2D eigenvalue weighted by molar-refractivity contribution is 0.471. The van der Waals surface area contributed by atoms with Crippen molar-refractivity contribution >= 4 is 11.8 Å². The van der Waals surface area contributed by atoms with Gasteiger partial charge >= 0.3 is 0 Å². The summed E-state index contributed by atoms with van der Waals surface area (Å²) in [4.78, 5) is 22.6. The maximum atomic E-state index is 4.78. The summed E-state index contributed by atoms with van der Waals surface area (Å²) in [7, 11) is 2.06. The van der Waals surface area contributed by atoms with Gasteiger partial charge in [0.1, 0.15) is 11.6 Å². The summed E-state index contributed by atoms with van der Waals surface area (Å²) in [6, 6.07) is 6.08. The maximum Gasteiger partial charge on any atom is 0.227 e.